The molecule has 0 saturated carbocycles. The lowest BCUT2D eigenvalue weighted by Crippen LogP contribution is -2.46. The molecule has 0 aliphatic carbocycles. The highest BCUT2D eigenvalue weighted by Crippen LogP contribution is 2.08. The van der Waals surface area contributed by atoms with Gasteiger partial charge in [-0.3, -0.25) is 4.79 Å². The summed E-state index contributed by atoms with van der Waals surface area (Å²) >= 11 is 0. The summed E-state index contributed by atoms with van der Waals surface area (Å²) in [6, 6.07) is 0.0438. The molecule has 2 rings (SSSR count). The van der Waals surface area contributed by atoms with Crippen LogP contribution in [0.5, 0.6) is 0 Å². The number of hydrogen-bond acceptors (Lipinski definition) is 3. The van der Waals surface area contributed by atoms with E-state index in [2.05, 4.69) is 15.5 Å². The number of piperidine rings is 1. The van der Waals surface area contributed by atoms with Crippen LogP contribution in [0.2, 0.25) is 0 Å². The molecule has 2 heterocycles. The van der Waals surface area contributed by atoms with Crippen molar-refractivity contribution in [2.24, 2.45) is 0 Å². The largest absolute Gasteiger partial charge is 0.355 e. The Bertz CT molecular complexity index is 239. The van der Waals surface area contributed by atoms with Crippen LogP contribution in [0.3, 0.4) is 0 Å². The van der Waals surface area contributed by atoms with Crippen molar-refractivity contribution in [3.63, 3.8) is 0 Å². The maximum Gasteiger partial charge on any atom is 0.237 e. The van der Waals surface area contributed by atoms with E-state index in [1.807, 2.05) is 0 Å². The maximum absolute atomic E-state index is 11.7. The number of hydrogen-bond donors (Lipinski definition) is 2. The van der Waals surface area contributed by atoms with Crippen molar-refractivity contribution in [3.05, 3.63) is 0 Å². The molecule has 2 N–H and O–H groups in total. The number of nitrogens with zero attached hydrogens (tertiary/aromatic N) is 1. The van der Waals surface area contributed by atoms with Crippen LogP contribution in [-0.4, -0.2) is 49.6 Å². The van der Waals surface area contributed by atoms with Gasteiger partial charge in [-0.1, -0.05) is 6.42 Å². The minimum atomic E-state index is 0.0438. The van der Waals surface area contributed by atoms with Gasteiger partial charge in [0.05, 0.1) is 6.04 Å². The molecular weight excluding hydrogens is 214 g/mol. The first kappa shape index (κ1) is 12.8. The number of amides is 1. The summed E-state index contributed by atoms with van der Waals surface area (Å²) < 4.78 is 0. The summed E-state index contributed by atoms with van der Waals surface area (Å²) in [4.78, 5) is 14.2. The molecule has 0 aromatic rings. The SMILES string of the molecule is O=C1NCCCCC1NCCN1CCCCC1. The summed E-state index contributed by atoms with van der Waals surface area (Å²) in [5, 5.41) is 6.37. The van der Waals surface area contributed by atoms with E-state index in [1.165, 1.54) is 32.4 Å². The highest BCUT2D eigenvalue weighted by Gasteiger charge is 2.19. The van der Waals surface area contributed by atoms with Gasteiger partial charge in [-0.15, -0.1) is 0 Å². The zero-order valence-electron chi connectivity index (χ0n) is 10.7. The van der Waals surface area contributed by atoms with E-state index in [0.717, 1.165) is 38.9 Å². The smallest absolute Gasteiger partial charge is 0.237 e. The van der Waals surface area contributed by atoms with Gasteiger partial charge < -0.3 is 15.5 Å². The maximum atomic E-state index is 11.7. The number of carbonyl (C=O) groups excluding carboxylic acids is 1. The summed E-state index contributed by atoms with van der Waals surface area (Å²) in [6.45, 7) is 5.35. The Balaban J connectivity index is 1.64. The second-order valence-electron chi connectivity index (χ2n) is 5.20. The van der Waals surface area contributed by atoms with Crippen molar-refractivity contribution >= 4 is 5.91 Å². The fourth-order valence-electron chi connectivity index (χ4n) is 2.71. The molecule has 2 fully saturated rings. The third-order valence-corrected chi connectivity index (χ3v) is 3.80. The molecule has 0 aromatic carbocycles. The normalized spacial score (nSPS) is 27.5. The van der Waals surface area contributed by atoms with Gasteiger partial charge in [-0.2, -0.15) is 0 Å². The second-order valence-corrected chi connectivity index (χ2v) is 5.20. The molecule has 4 heteroatoms. The molecule has 17 heavy (non-hydrogen) atoms. The fraction of sp³-hybridized carbons (Fsp3) is 0.923. The van der Waals surface area contributed by atoms with Crippen molar-refractivity contribution in [1.29, 1.82) is 0 Å². The molecule has 1 amide bonds. The summed E-state index contributed by atoms with van der Waals surface area (Å²) in [6.07, 6.45) is 7.32. The van der Waals surface area contributed by atoms with Crippen LogP contribution in [0.25, 0.3) is 0 Å². The first-order valence-electron chi connectivity index (χ1n) is 7.10. The Morgan fingerprint density at radius 2 is 2.00 bits per heavy atom. The standard InChI is InChI=1S/C13H25N3O/c17-13-12(6-2-3-7-15-13)14-8-11-16-9-4-1-5-10-16/h12,14H,1-11H2,(H,15,17). The van der Waals surface area contributed by atoms with Crippen LogP contribution in [0.4, 0.5) is 0 Å². The lowest BCUT2D eigenvalue weighted by atomic mass is 10.1. The third kappa shape index (κ3) is 4.28. The van der Waals surface area contributed by atoms with Crippen LogP contribution >= 0.6 is 0 Å². The molecule has 0 spiro atoms. The molecule has 2 saturated heterocycles. The monoisotopic (exact) mass is 239 g/mol. The minimum absolute atomic E-state index is 0.0438. The van der Waals surface area contributed by atoms with Gasteiger partial charge in [0.15, 0.2) is 0 Å². The second kappa shape index (κ2) is 6.97. The van der Waals surface area contributed by atoms with Crippen molar-refractivity contribution < 1.29 is 4.79 Å². The average Bonchev–Trinajstić information content (AvgIpc) is 2.56. The van der Waals surface area contributed by atoms with Crippen LogP contribution in [-0.2, 0) is 4.79 Å². The molecule has 1 unspecified atom stereocenters. The molecule has 98 valence electrons. The molecule has 0 bridgehead atoms. The van der Waals surface area contributed by atoms with Crippen LogP contribution in [0, 0.1) is 0 Å². The van der Waals surface area contributed by atoms with Crippen molar-refractivity contribution in [1.82, 2.24) is 15.5 Å². The Hall–Kier alpha value is -0.610. The van der Waals surface area contributed by atoms with Gasteiger partial charge >= 0.3 is 0 Å². The van der Waals surface area contributed by atoms with E-state index in [9.17, 15) is 4.79 Å². The first-order valence-corrected chi connectivity index (χ1v) is 7.10. The van der Waals surface area contributed by atoms with Gasteiger partial charge in [0.2, 0.25) is 5.91 Å². The molecular formula is C13H25N3O. The number of likely N-dealkylation sites (tertiary alicyclic amines) is 1. The average molecular weight is 239 g/mol. The van der Waals surface area contributed by atoms with E-state index < -0.39 is 0 Å². The van der Waals surface area contributed by atoms with Crippen molar-refractivity contribution in [3.8, 4) is 0 Å². The molecule has 4 nitrogen and oxygen atoms in total. The lowest BCUT2D eigenvalue weighted by molar-refractivity contribution is -0.122. The molecule has 0 radical (unpaired) electrons. The van der Waals surface area contributed by atoms with E-state index in [4.69, 9.17) is 0 Å². The molecule has 0 aromatic heterocycles. The third-order valence-electron chi connectivity index (χ3n) is 3.80. The number of carbonyl (C=O) groups is 1. The van der Waals surface area contributed by atoms with Crippen molar-refractivity contribution in [2.75, 3.05) is 32.7 Å². The summed E-state index contributed by atoms with van der Waals surface area (Å²) in [5.41, 5.74) is 0. The highest BCUT2D eigenvalue weighted by atomic mass is 16.2. The zero-order chi connectivity index (χ0) is 11.9. The van der Waals surface area contributed by atoms with E-state index >= 15 is 0 Å². The topological polar surface area (TPSA) is 44.4 Å². The van der Waals surface area contributed by atoms with Crippen LogP contribution in [0.1, 0.15) is 38.5 Å². The number of rotatable bonds is 4. The number of nitrogens with one attached hydrogen (secondary N) is 2. The minimum Gasteiger partial charge on any atom is -0.355 e. The highest BCUT2D eigenvalue weighted by molar-refractivity contribution is 5.81. The Kier molecular flexibility index (Phi) is 5.26. The zero-order valence-corrected chi connectivity index (χ0v) is 10.7. The Morgan fingerprint density at radius 3 is 2.82 bits per heavy atom. The predicted molar refractivity (Wildman–Crippen MR) is 68.9 cm³/mol. The van der Waals surface area contributed by atoms with Gasteiger partial charge in [-0.25, -0.2) is 0 Å². The van der Waals surface area contributed by atoms with Gasteiger partial charge in [0.1, 0.15) is 0 Å². The Labute approximate surface area is 104 Å². The van der Waals surface area contributed by atoms with Gasteiger partial charge in [0.25, 0.3) is 0 Å². The van der Waals surface area contributed by atoms with E-state index in [-0.39, 0.29) is 11.9 Å². The van der Waals surface area contributed by atoms with Crippen LogP contribution < -0.4 is 10.6 Å². The fourth-order valence-corrected chi connectivity index (χ4v) is 2.71. The first-order chi connectivity index (χ1) is 8.36. The van der Waals surface area contributed by atoms with Crippen LogP contribution in [0.15, 0.2) is 0 Å². The summed E-state index contributed by atoms with van der Waals surface area (Å²) in [7, 11) is 0. The van der Waals surface area contributed by atoms with Gasteiger partial charge in [0, 0.05) is 19.6 Å². The lowest BCUT2D eigenvalue weighted by Gasteiger charge is -2.27. The van der Waals surface area contributed by atoms with E-state index in [1.54, 1.807) is 0 Å². The van der Waals surface area contributed by atoms with E-state index in [0.29, 0.717) is 0 Å². The van der Waals surface area contributed by atoms with Crippen molar-refractivity contribution in [2.45, 2.75) is 44.6 Å². The molecule has 2 aliphatic rings. The quantitative estimate of drug-likeness (QED) is 0.760. The summed E-state index contributed by atoms with van der Waals surface area (Å²) in [5.74, 6) is 0.196. The molecule has 1 atom stereocenters. The predicted octanol–water partition coefficient (Wildman–Crippen LogP) is 0.731. The van der Waals surface area contributed by atoms with Gasteiger partial charge in [-0.05, 0) is 45.2 Å². The Morgan fingerprint density at radius 1 is 1.18 bits per heavy atom. The molecule has 2 aliphatic heterocycles.